The molecule has 0 radical (unpaired) electrons. The van der Waals surface area contributed by atoms with E-state index in [0.717, 1.165) is 13.0 Å². The third-order valence-corrected chi connectivity index (χ3v) is 4.61. The highest BCUT2D eigenvalue weighted by Gasteiger charge is 2.69. The highest BCUT2D eigenvalue weighted by molar-refractivity contribution is 5.28. The first-order valence-electron chi connectivity index (χ1n) is 6.21. The van der Waals surface area contributed by atoms with Gasteiger partial charge < -0.3 is 0 Å². The Balaban J connectivity index is 2.20. The molecule has 2 rings (SSSR count). The van der Waals surface area contributed by atoms with E-state index in [-0.39, 0.29) is 0 Å². The highest BCUT2D eigenvalue weighted by atomic mass is 15.4. The Labute approximate surface area is 93.9 Å². The molecule has 2 fully saturated rings. The standard InChI is InChI=1S/C14H23N/c1-4-9-14-11-8-6-7-10-13(14,3)15(14)12-5-2/h4-5H,1-2,6-12H2,3H3. The van der Waals surface area contributed by atoms with Gasteiger partial charge in [-0.15, -0.1) is 13.2 Å². The lowest BCUT2D eigenvalue weighted by atomic mass is 9.87. The molecule has 0 amide bonds. The molecule has 3 unspecified atom stereocenters. The fourth-order valence-corrected chi connectivity index (χ4v) is 3.74. The number of likely N-dealkylation sites (tertiary alicyclic amines) is 1. The second-order valence-electron chi connectivity index (χ2n) is 5.26. The van der Waals surface area contributed by atoms with Gasteiger partial charge in [-0.25, -0.2) is 0 Å². The second-order valence-corrected chi connectivity index (χ2v) is 5.26. The van der Waals surface area contributed by atoms with Crippen molar-refractivity contribution in [2.24, 2.45) is 0 Å². The van der Waals surface area contributed by atoms with Gasteiger partial charge in [-0.05, 0) is 26.2 Å². The molecule has 0 spiro atoms. The van der Waals surface area contributed by atoms with Crippen LogP contribution in [0, 0.1) is 0 Å². The van der Waals surface area contributed by atoms with E-state index in [1.807, 2.05) is 6.08 Å². The van der Waals surface area contributed by atoms with Crippen LogP contribution in [0.25, 0.3) is 0 Å². The van der Waals surface area contributed by atoms with E-state index < -0.39 is 0 Å². The quantitative estimate of drug-likeness (QED) is 0.501. The number of hydrogen-bond acceptors (Lipinski definition) is 1. The predicted molar refractivity (Wildman–Crippen MR) is 65.9 cm³/mol. The zero-order chi connectivity index (χ0) is 10.9. The molecule has 1 saturated heterocycles. The van der Waals surface area contributed by atoms with Crippen LogP contribution in [0.3, 0.4) is 0 Å². The third kappa shape index (κ3) is 1.40. The molecule has 1 heterocycles. The van der Waals surface area contributed by atoms with Gasteiger partial charge in [0.1, 0.15) is 0 Å². The van der Waals surface area contributed by atoms with Gasteiger partial charge in [-0.3, -0.25) is 4.90 Å². The molecule has 1 heteroatoms. The van der Waals surface area contributed by atoms with Gasteiger partial charge in [-0.1, -0.05) is 31.4 Å². The summed E-state index contributed by atoms with van der Waals surface area (Å²) in [5.41, 5.74) is 0.866. The van der Waals surface area contributed by atoms with E-state index in [4.69, 9.17) is 0 Å². The summed E-state index contributed by atoms with van der Waals surface area (Å²) in [5, 5.41) is 0. The predicted octanol–water partition coefficient (Wildman–Crippen LogP) is 3.53. The van der Waals surface area contributed by atoms with E-state index in [1.165, 1.54) is 32.1 Å². The van der Waals surface area contributed by atoms with Crippen molar-refractivity contribution in [3.63, 3.8) is 0 Å². The van der Waals surface area contributed by atoms with Gasteiger partial charge in [0.25, 0.3) is 0 Å². The molecule has 1 aliphatic carbocycles. The number of nitrogens with zero attached hydrogens (tertiary/aromatic N) is 1. The van der Waals surface area contributed by atoms with Crippen molar-refractivity contribution in [2.75, 3.05) is 6.54 Å². The first kappa shape index (κ1) is 10.9. The molecule has 1 saturated carbocycles. The minimum Gasteiger partial charge on any atom is -0.285 e. The smallest absolute Gasteiger partial charge is 0.0434 e. The van der Waals surface area contributed by atoms with Crippen LogP contribution in [0.4, 0.5) is 0 Å². The monoisotopic (exact) mass is 205 g/mol. The molecule has 3 atom stereocenters. The van der Waals surface area contributed by atoms with Gasteiger partial charge in [0.15, 0.2) is 0 Å². The van der Waals surface area contributed by atoms with Crippen molar-refractivity contribution in [3.05, 3.63) is 25.3 Å². The van der Waals surface area contributed by atoms with Crippen molar-refractivity contribution in [2.45, 2.75) is 56.5 Å². The lowest BCUT2D eigenvalue weighted by molar-refractivity contribution is 0.377. The fourth-order valence-electron chi connectivity index (χ4n) is 3.74. The van der Waals surface area contributed by atoms with Crippen LogP contribution in [0.2, 0.25) is 0 Å². The molecule has 0 bridgehead atoms. The topological polar surface area (TPSA) is 3.01 Å². The van der Waals surface area contributed by atoms with Crippen molar-refractivity contribution in [1.29, 1.82) is 0 Å². The van der Waals surface area contributed by atoms with Crippen LogP contribution in [-0.2, 0) is 0 Å². The molecule has 2 aliphatic rings. The normalized spacial score (nSPS) is 43.9. The minimum atomic E-state index is 0.430. The molecule has 0 N–H and O–H groups in total. The van der Waals surface area contributed by atoms with E-state index in [1.54, 1.807) is 0 Å². The van der Waals surface area contributed by atoms with Gasteiger partial charge in [0.2, 0.25) is 0 Å². The SMILES string of the molecule is C=CCN1C2(C)CCCCCC12CC=C. The summed E-state index contributed by atoms with van der Waals surface area (Å²) in [6.45, 7) is 11.3. The fraction of sp³-hybridized carbons (Fsp3) is 0.714. The molecular weight excluding hydrogens is 182 g/mol. The molecule has 84 valence electrons. The Bertz CT molecular complexity index is 271. The third-order valence-electron chi connectivity index (χ3n) is 4.61. The van der Waals surface area contributed by atoms with Crippen molar-refractivity contribution < 1.29 is 0 Å². The van der Waals surface area contributed by atoms with Gasteiger partial charge in [-0.2, -0.15) is 0 Å². The maximum atomic E-state index is 3.93. The summed E-state index contributed by atoms with van der Waals surface area (Å²) in [5.74, 6) is 0. The second kappa shape index (κ2) is 3.79. The first-order valence-corrected chi connectivity index (χ1v) is 6.21. The van der Waals surface area contributed by atoms with E-state index in [9.17, 15) is 0 Å². The summed E-state index contributed by atoms with van der Waals surface area (Å²) >= 11 is 0. The molecular formula is C14H23N. The van der Waals surface area contributed by atoms with Crippen LogP contribution < -0.4 is 0 Å². The Kier molecular flexibility index (Phi) is 2.76. The maximum absolute atomic E-state index is 3.93. The zero-order valence-corrected chi connectivity index (χ0v) is 9.97. The van der Waals surface area contributed by atoms with Crippen LogP contribution >= 0.6 is 0 Å². The summed E-state index contributed by atoms with van der Waals surface area (Å²) in [7, 11) is 0. The Morgan fingerprint density at radius 1 is 1.13 bits per heavy atom. The van der Waals surface area contributed by atoms with Crippen LogP contribution in [0.5, 0.6) is 0 Å². The molecule has 15 heavy (non-hydrogen) atoms. The average Bonchev–Trinajstić information content (AvgIpc) is 2.74. The summed E-state index contributed by atoms with van der Waals surface area (Å²) in [6, 6.07) is 0. The van der Waals surface area contributed by atoms with Gasteiger partial charge in [0, 0.05) is 17.6 Å². The average molecular weight is 205 g/mol. The lowest BCUT2D eigenvalue weighted by Gasteiger charge is -2.15. The van der Waals surface area contributed by atoms with E-state index in [2.05, 4.69) is 31.1 Å². The molecule has 0 aromatic heterocycles. The van der Waals surface area contributed by atoms with E-state index >= 15 is 0 Å². The van der Waals surface area contributed by atoms with Gasteiger partial charge >= 0.3 is 0 Å². The van der Waals surface area contributed by atoms with Crippen LogP contribution in [-0.4, -0.2) is 22.5 Å². The Hall–Kier alpha value is -0.560. The number of hydrogen-bond donors (Lipinski definition) is 0. The molecule has 1 aliphatic heterocycles. The van der Waals surface area contributed by atoms with Crippen molar-refractivity contribution in [1.82, 2.24) is 4.90 Å². The summed E-state index contributed by atoms with van der Waals surface area (Å²) in [4.78, 5) is 2.65. The van der Waals surface area contributed by atoms with Crippen LogP contribution in [0.1, 0.15) is 45.4 Å². The Morgan fingerprint density at radius 2 is 1.87 bits per heavy atom. The summed E-state index contributed by atoms with van der Waals surface area (Å²) < 4.78 is 0. The maximum Gasteiger partial charge on any atom is 0.0434 e. The zero-order valence-electron chi connectivity index (χ0n) is 9.97. The molecule has 0 aromatic carbocycles. The first-order chi connectivity index (χ1) is 7.21. The van der Waals surface area contributed by atoms with Crippen LogP contribution in [0.15, 0.2) is 25.3 Å². The minimum absolute atomic E-state index is 0.430. The van der Waals surface area contributed by atoms with E-state index in [0.29, 0.717) is 11.1 Å². The number of rotatable bonds is 4. The lowest BCUT2D eigenvalue weighted by Crippen LogP contribution is -2.21. The van der Waals surface area contributed by atoms with Gasteiger partial charge in [0.05, 0.1) is 0 Å². The van der Waals surface area contributed by atoms with Crippen molar-refractivity contribution >= 4 is 0 Å². The van der Waals surface area contributed by atoms with Crippen molar-refractivity contribution in [3.8, 4) is 0 Å². The summed E-state index contributed by atoms with van der Waals surface area (Å²) in [6.07, 6.45) is 12.2. The Morgan fingerprint density at radius 3 is 2.53 bits per heavy atom. The number of fused-ring (bicyclic) bond motifs is 1. The highest BCUT2D eigenvalue weighted by Crippen LogP contribution is 2.60. The largest absolute Gasteiger partial charge is 0.285 e. The molecule has 0 aromatic rings. The molecule has 1 nitrogen and oxygen atoms in total.